The quantitative estimate of drug-likeness (QED) is 0.352. The van der Waals surface area contributed by atoms with Crippen molar-refractivity contribution in [2.75, 3.05) is 18.8 Å². The number of unbranched alkanes of at least 4 members (excludes halogenated alkanes) is 2. The minimum absolute atomic E-state index is 0. The predicted molar refractivity (Wildman–Crippen MR) is 64.2 cm³/mol. The molecular formula is C9H19NNaO4S. The van der Waals surface area contributed by atoms with E-state index in [9.17, 15) is 13.2 Å². The van der Waals surface area contributed by atoms with Gasteiger partial charge in [0.15, 0.2) is 0 Å². The number of hydrogen-bond acceptors (Lipinski definition) is 4. The number of ketones is 1. The van der Waals surface area contributed by atoms with Gasteiger partial charge in [-0.3, -0.25) is 9.35 Å². The molecule has 0 saturated heterocycles. The molecule has 0 aliphatic carbocycles. The summed E-state index contributed by atoms with van der Waals surface area (Å²) in [4.78, 5) is 11.2. The zero-order valence-corrected chi connectivity index (χ0v) is 12.8. The van der Waals surface area contributed by atoms with Crippen molar-refractivity contribution in [1.29, 1.82) is 0 Å². The van der Waals surface area contributed by atoms with Gasteiger partial charge in [-0.15, -0.1) is 0 Å². The van der Waals surface area contributed by atoms with E-state index in [0.717, 1.165) is 19.3 Å². The number of hydrogen-bond donors (Lipinski definition) is 2. The van der Waals surface area contributed by atoms with Gasteiger partial charge in [0.1, 0.15) is 5.78 Å². The molecule has 0 aliphatic rings. The summed E-state index contributed by atoms with van der Waals surface area (Å²) in [6.07, 6.45) is 3.53. The molecule has 1 radical (unpaired) electrons. The van der Waals surface area contributed by atoms with Crippen LogP contribution < -0.4 is 5.32 Å². The van der Waals surface area contributed by atoms with Gasteiger partial charge in [-0.05, 0) is 6.42 Å². The van der Waals surface area contributed by atoms with Gasteiger partial charge in [0.2, 0.25) is 0 Å². The van der Waals surface area contributed by atoms with Crippen LogP contribution in [0.1, 0.15) is 32.6 Å². The van der Waals surface area contributed by atoms with Crippen LogP contribution in [0.5, 0.6) is 0 Å². The first-order chi connectivity index (χ1) is 6.95. The molecule has 5 nitrogen and oxygen atoms in total. The standard InChI is InChI=1S/C9H19NO4S.Na/c1-2-3-4-5-9(11)8-10-6-7-15(12,13)14;/h10H,2-8H2,1H3,(H,12,13,14);. The van der Waals surface area contributed by atoms with Gasteiger partial charge in [-0.25, -0.2) is 0 Å². The Morgan fingerprint density at radius 3 is 2.44 bits per heavy atom. The number of nitrogens with one attached hydrogen (secondary N) is 1. The van der Waals surface area contributed by atoms with Crippen molar-refractivity contribution < 1.29 is 17.8 Å². The third-order valence-electron chi connectivity index (χ3n) is 1.92. The maximum absolute atomic E-state index is 11.2. The van der Waals surface area contributed by atoms with Gasteiger partial charge in [0, 0.05) is 42.5 Å². The van der Waals surface area contributed by atoms with Crippen LogP contribution in [-0.4, -0.2) is 67.2 Å². The fraction of sp³-hybridized carbons (Fsp3) is 0.889. The van der Waals surface area contributed by atoms with E-state index in [0.29, 0.717) is 6.42 Å². The second-order valence-electron chi connectivity index (χ2n) is 3.46. The van der Waals surface area contributed by atoms with Crippen LogP contribution in [-0.2, 0) is 14.9 Å². The monoisotopic (exact) mass is 260 g/mol. The smallest absolute Gasteiger partial charge is 0.266 e. The van der Waals surface area contributed by atoms with Crippen LogP contribution in [0.3, 0.4) is 0 Å². The van der Waals surface area contributed by atoms with Crippen LogP contribution in [0.25, 0.3) is 0 Å². The molecule has 7 heteroatoms. The first-order valence-corrected chi connectivity index (χ1v) is 6.74. The summed E-state index contributed by atoms with van der Waals surface area (Å²) < 4.78 is 29.0. The molecule has 0 spiro atoms. The van der Waals surface area contributed by atoms with E-state index in [1.54, 1.807) is 0 Å². The summed E-state index contributed by atoms with van der Waals surface area (Å²) in [6, 6.07) is 0. The SMILES string of the molecule is CCCCCC(=O)CNCCS(=O)(=O)O.[Na]. The van der Waals surface area contributed by atoms with E-state index in [1.165, 1.54) is 0 Å². The van der Waals surface area contributed by atoms with Crippen LogP contribution in [0.15, 0.2) is 0 Å². The molecular weight excluding hydrogens is 241 g/mol. The van der Waals surface area contributed by atoms with E-state index in [1.807, 2.05) is 0 Å². The average Bonchev–Trinajstić information content (AvgIpc) is 2.11. The second kappa shape index (κ2) is 10.7. The largest absolute Gasteiger partial charge is 0.309 e. The normalized spacial score (nSPS) is 10.9. The average molecular weight is 260 g/mol. The van der Waals surface area contributed by atoms with Crippen LogP contribution in [0, 0.1) is 0 Å². The summed E-state index contributed by atoms with van der Waals surface area (Å²) >= 11 is 0. The Labute approximate surface area is 119 Å². The van der Waals surface area contributed by atoms with Gasteiger partial charge in [-0.1, -0.05) is 19.8 Å². The predicted octanol–water partition coefficient (Wildman–Crippen LogP) is 0.232. The molecule has 0 aromatic rings. The van der Waals surface area contributed by atoms with Crippen molar-refractivity contribution in [3.8, 4) is 0 Å². The van der Waals surface area contributed by atoms with E-state index in [4.69, 9.17) is 4.55 Å². The van der Waals surface area contributed by atoms with Crippen molar-refractivity contribution in [1.82, 2.24) is 5.32 Å². The van der Waals surface area contributed by atoms with Gasteiger partial charge in [0.05, 0.1) is 12.3 Å². The number of rotatable bonds is 9. The molecule has 0 bridgehead atoms. The Balaban J connectivity index is 0. The molecule has 0 amide bonds. The van der Waals surface area contributed by atoms with Gasteiger partial charge >= 0.3 is 0 Å². The molecule has 0 atom stereocenters. The van der Waals surface area contributed by atoms with E-state index in [-0.39, 0.29) is 54.2 Å². The van der Waals surface area contributed by atoms with Crippen molar-refractivity contribution >= 4 is 45.5 Å². The van der Waals surface area contributed by atoms with Crippen molar-refractivity contribution in [3.05, 3.63) is 0 Å². The number of carbonyl (C=O) groups excluding carboxylic acids is 1. The van der Waals surface area contributed by atoms with Gasteiger partial charge < -0.3 is 5.32 Å². The molecule has 0 heterocycles. The van der Waals surface area contributed by atoms with E-state index < -0.39 is 10.1 Å². The molecule has 0 fully saturated rings. The zero-order chi connectivity index (χ0) is 11.7. The fourth-order valence-electron chi connectivity index (χ4n) is 1.09. The summed E-state index contributed by atoms with van der Waals surface area (Å²) in [5.74, 6) is -0.270. The summed E-state index contributed by atoms with van der Waals surface area (Å²) in [6.45, 7) is 2.35. The molecule has 0 aromatic heterocycles. The Bertz CT molecular complexity index is 279. The summed E-state index contributed by atoms with van der Waals surface area (Å²) in [5.41, 5.74) is 0. The minimum Gasteiger partial charge on any atom is -0.309 e. The Kier molecular flexibility index (Phi) is 12.6. The third-order valence-corrected chi connectivity index (χ3v) is 2.64. The minimum atomic E-state index is -3.92. The molecule has 2 N–H and O–H groups in total. The molecule has 16 heavy (non-hydrogen) atoms. The number of carbonyl (C=O) groups is 1. The van der Waals surface area contributed by atoms with Gasteiger partial charge in [0.25, 0.3) is 10.1 Å². The molecule has 0 aliphatic heterocycles. The maximum atomic E-state index is 11.2. The van der Waals surface area contributed by atoms with Crippen LogP contribution >= 0.6 is 0 Å². The molecule has 0 saturated carbocycles. The fourth-order valence-corrected chi connectivity index (χ4v) is 1.49. The van der Waals surface area contributed by atoms with Crippen LogP contribution in [0.4, 0.5) is 0 Å². The molecule has 0 unspecified atom stereocenters. The third kappa shape index (κ3) is 14.5. The van der Waals surface area contributed by atoms with E-state index >= 15 is 0 Å². The van der Waals surface area contributed by atoms with E-state index in [2.05, 4.69) is 12.2 Å². The molecule has 0 aromatic carbocycles. The van der Waals surface area contributed by atoms with Crippen molar-refractivity contribution in [2.45, 2.75) is 32.6 Å². The zero-order valence-electron chi connectivity index (χ0n) is 10.0. The first kappa shape index (κ1) is 18.9. The van der Waals surface area contributed by atoms with Crippen molar-refractivity contribution in [2.24, 2.45) is 0 Å². The molecule has 0 rings (SSSR count). The number of Topliss-reactive ketones (excluding diaryl/α,β-unsaturated/α-hetero) is 1. The second-order valence-corrected chi connectivity index (χ2v) is 5.03. The Morgan fingerprint density at radius 1 is 1.31 bits per heavy atom. The summed E-state index contributed by atoms with van der Waals surface area (Å²) in [5, 5.41) is 2.68. The summed E-state index contributed by atoms with van der Waals surface area (Å²) in [7, 11) is -3.92. The molecule has 91 valence electrons. The Hall–Kier alpha value is 0.540. The van der Waals surface area contributed by atoms with Gasteiger partial charge in [-0.2, -0.15) is 8.42 Å². The first-order valence-electron chi connectivity index (χ1n) is 5.13. The Morgan fingerprint density at radius 2 is 1.94 bits per heavy atom. The van der Waals surface area contributed by atoms with Crippen molar-refractivity contribution in [3.63, 3.8) is 0 Å². The maximum Gasteiger partial charge on any atom is 0.266 e. The topological polar surface area (TPSA) is 83.5 Å². The van der Waals surface area contributed by atoms with Crippen LogP contribution in [0.2, 0.25) is 0 Å².